The van der Waals surface area contributed by atoms with Crippen LogP contribution in [0.4, 0.5) is 5.69 Å². The number of anilines is 1. The highest BCUT2D eigenvalue weighted by Crippen LogP contribution is 2.31. The highest BCUT2D eigenvalue weighted by Gasteiger charge is 2.13. The topological polar surface area (TPSA) is 63.2 Å². The molecule has 1 amide bonds. The maximum atomic E-state index is 12.5. The normalized spacial score (nSPS) is 11.5. The number of sulfone groups is 1. The molecule has 3 rings (SSSR count). The molecule has 30 heavy (non-hydrogen) atoms. The van der Waals surface area contributed by atoms with Gasteiger partial charge in [-0.05, 0) is 52.4 Å². The molecule has 0 aliphatic rings. The second kappa shape index (κ2) is 9.26. The number of nitrogens with one attached hydrogen (secondary N) is 1. The fraction of sp³-hybridized carbons (Fsp3) is 0.240. The van der Waals surface area contributed by atoms with Crippen LogP contribution in [0.3, 0.4) is 0 Å². The van der Waals surface area contributed by atoms with Gasteiger partial charge >= 0.3 is 0 Å². The molecule has 0 saturated heterocycles. The van der Waals surface area contributed by atoms with Crippen molar-refractivity contribution >= 4 is 21.4 Å². The fourth-order valence-corrected chi connectivity index (χ4v) is 4.25. The summed E-state index contributed by atoms with van der Waals surface area (Å²) >= 11 is 0. The van der Waals surface area contributed by atoms with Crippen molar-refractivity contribution in [2.45, 2.75) is 38.0 Å². The van der Waals surface area contributed by atoms with Crippen molar-refractivity contribution in [2.75, 3.05) is 11.1 Å². The molecule has 0 aromatic heterocycles. The van der Waals surface area contributed by atoms with E-state index in [1.807, 2.05) is 36.4 Å². The summed E-state index contributed by atoms with van der Waals surface area (Å²) in [6.07, 6.45) is 0.184. The van der Waals surface area contributed by atoms with Crippen molar-refractivity contribution in [3.05, 3.63) is 83.9 Å². The highest BCUT2D eigenvalue weighted by molar-refractivity contribution is 7.91. The third-order valence-corrected chi connectivity index (χ3v) is 6.82. The number of rotatable bonds is 7. The Balaban J connectivity index is 1.74. The summed E-state index contributed by atoms with van der Waals surface area (Å²) in [5.41, 5.74) is 5.02. The van der Waals surface area contributed by atoms with E-state index in [1.54, 1.807) is 31.2 Å². The van der Waals surface area contributed by atoms with Crippen molar-refractivity contribution in [1.82, 2.24) is 0 Å². The van der Waals surface area contributed by atoms with Crippen molar-refractivity contribution in [3.63, 3.8) is 0 Å². The Morgan fingerprint density at radius 3 is 2.20 bits per heavy atom. The van der Waals surface area contributed by atoms with Gasteiger partial charge in [0.05, 0.1) is 17.1 Å². The van der Waals surface area contributed by atoms with E-state index in [0.717, 1.165) is 22.4 Å². The number of benzene rings is 3. The molecule has 156 valence electrons. The van der Waals surface area contributed by atoms with Gasteiger partial charge in [-0.15, -0.1) is 0 Å². The summed E-state index contributed by atoms with van der Waals surface area (Å²) in [4.78, 5) is 12.8. The van der Waals surface area contributed by atoms with Crippen LogP contribution in [0.15, 0.2) is 77.7 Å². The van der Waals surface area contributed by atoms with Gasteiger partial charge < -0.3 is 5.32 Å². The van der Waals surface area contributed by atoms with Crippen LogP contribution in [0.2, 0.25) is 0 Å². The van der Waals surface area contributed by atoms with Gasteiger partial charge in [0.25, 0.3) is 0 Å². The third-order valence-electron chi connectivity index (χ3n) is 5.07. The van der Waals surface area contributed by atoms with Crippen LogP contribution >= 0.6 is 0 Å². The minimum atomic E-state index is -3.23. The molecule has 0 spiro atoms. The second-order valence-electron chi connectivity index (χ2n) is 7.60. The minimum Gasteiger partial charge on any atom is -0.326 e. The molecule has 0 aliphatic heterocycles. The first-order valence-corrected chi connectivity index (χ1v) is 11.8. The van der Waals surface area contributed by atoms with E-state index in [1.165, 1.54) is 5.56 Å². The number of carbonyl (C=O) groups is 1. The molecule has 0 fully saturated rings. The lowest BCUT2D eigenvalue weighted by Gasteiger charge is -2.16. The van der Waals surface area contributed by atoms with Crippen LogP contribution < -0.4 is 5.32 Å². The zero-order chi connectivity index (χ0) is 21.7. The molecule has 0 atom stereocenters. The number of hydrogen-bond donors (Lipinski definition) is 1. The maximum absolute atomic E-state index is 12.5. The average Bonchev–Trinajstić information content (AvgIpc) is 2.74. The molecular formula is C25H27NO3S. The van der Waals surface area contributed by atoms with Gasteiger partial charge in [-0.25, -0.2) is 8.42 Å². The molecule has 1 N–H and O–H groups in total. The summed E-state index contributed by atoms with van der Waals surface area (Å²) in [6, 6.07) is 22.7. The quantitative estimate of drug-likeness (QED) is 0.552. The predicted molar refractivity (Wildman–Crippen MR) is 122 cm³/mol. The molecule has 4 nitrogen and oxygen atoms in total. The molecular weight excluding hydrogens is 394 g/mol. The van der Waals surface area contributed by atoms with E-state index in [-0.39, 0.29) is 23.0 Å². The van der Waals surface area contributed by atoms with E-state index in [9.17, 15) is 13.2 Å². The van der Waals surface area contributed by atoms with Crippen molar-refractivity contribution < 1.29 is 13.2 Å². The lowest BCUT2D eigenvalue weighted by atomic mass is 9.92. The molecule has 3 aromatic carbocycles. The minimum absolute atomic E-state index is 0.0595. The Bertz CT molecular complexity index is 1120. The van der Waals surface area contributed by atoms with Gasteiger partial charge in [-0.1, -0.05) is 69.3 Å². The number of carbonyl (C=O) groups excluding carboxylic acids is 1. The summed E-state index contributed by atoms with van der Waals surface area (Å²) in [6.45, 7) is 5.89. The zero-order valence-corrected chi connectivity index (χ0v) is 18.4. The smallest absolute Gasteiger partial charge is 0.228 e. The summed E-state index contributed by atoms with van der Waals surface area (Å²) in [7, 11) is -3.23. The summed E-state index contributed by atoms with van der Waals surface area (Å²) in [5, 5.41) is 2.96. The van der Waals surface area contributed by atoms with Gasteiger partial charge in [0.1, 0.15) is 0 Å². The molecule has 0 aliphatic carbocycles. The molecule has 0 unspecified atom stereocenters. The second-order valence-corrected chi connectivity index (χ2v) is 9.87. The number of amides is 1. The van der Waals surface area contributed by atoms with Gasteiger partial charge in [-0.3, -0.25) is 4.79 Å². The van der Waals surface area contributed by atoms with Gasteiger partial charge in [0.15, 0.2) is 9.84 Å². The predicted octanol–water partition coefficient (Wildman–Crippen LogP) is 5.45. The standard InChI is InChI=1S/C25H27NO3S/c1-4-30(28,29)22-13-10-19(11-14-22)16-25(27)26-21-12-15-23(24(17-21)18(2)3)20-8-6-5-7-9-20/h5-15,17-18H,4,16H2,1-3H3,(H,26,27). The summed E-state index contributed by atoms with van der Waals surface area (Å²) in [5.74, 6) is 0.234. The van der Waals surface area contributed by atoms with E-state index in [0.29, 0.717) is 5.92 Å². The zero-order valence-electron chi connectivity index (χ0n) is 17.6. The first-order chi connectivity index (χ1) is 14.3. The highest BCUT2D eigenvalue weighted by atomic mass is 32.2. The van der Waals surface area contributed by atoms with Crippen molar-refractivity contribution in [2.24, 2.45) is 0 Å². The molecule has 3 aromatic rings. The van der Waals surface area contributed by atoms with Gasteiger partial charge in [0, 0.05) is 5.69 Å². The molecule has 0 saturated carbocycles. The largest absolute Gasteiger partial charge is 0.326 e. The molecule has 5 heteroatoms. The molecule has 0 heterocycles. The van der Waals surface area contributed by atoms with Crippen molar-refractivity contribution in [1.29, 1.82) is 0 Å². The maximum Gasteiger partial charge on any atom is 0.228 e. The third kappa shape index (κ3) is 5.16. The SMILES string of the molecule is CCS(=O)(=O)c1ccc(CC(=O)Nc2ccc(-c3ccccc3)c(C(C)C)c2)cc1. The van der Waals surface area contributed by atoms with Crippen LogP contribution in [0, 0.1) is 0 Å². The van der Waals surface area contributed by atoms with Crippen LogP contribution in [0.1, 0.15) is 37.8 Å². The Hall–Kier alpha value is -2.92. The van der Waals surface area contributed by atoms with E-state index >= 15 is 0 Å². The van der Waals surface area contributed by atoms with Crippen LogP contribution in [0.25, 0.3) is 11.1 Å². The van der Waals surface area contributed by atoms with Crippen LogP contribution in [0.5, 0.6) is 0 Å². The Morgan fingerprint density at radius 1 is 0.933 bits per heavy atom. The lowest BCUT2D eigenvalue weighted by Crippen LogP contribution is -2.15. The Kier molecular flexibility index (Phi) is 6.73. The first kappa shape index (κ1) is 21.8. The number of hydrogen-bond acceptors (Lipinski definition) is 3. The molecule has 0 radical (unpaired) electrons. The van der Waals surface area contributed by atoms with Crippen LogP contribution in [-0.2, 0) is 21.1 Å². The van der Waals surface area contributed by atoms with E-state index in [2.05, 4.69) is 31.3 Å². The van der Waals surface area contributed by atoms with E-state index in [4.69, 9.17) is 0 Å². The van der Waals surface area contributed by atoms with Gasteiger partial charge in [0.2, 0.25) is 5.91 Å². The van der Waals surface area contributed by atoms with Crippen molar-refractivity contribution in [3.8, 4) is 11.1 Å². The monoisotopic (exact) mass is 421 g/mol. The molecule has 0 bridgehead atoms. The van der Waals surface area contributed by atoms with Gasteiger partial charge in [-0.2, -0.15) is 0 Å². The summed E-state index contributed by atoms with van der Waals surface area (Å²) < 4.78 is 23.8. The Labute approximate surface area is 178 Å². The Morgan fingerprint density at radius 2 is 1.60 bits per heavy atom. The first-order valence-electron chi connectivity index (χ1n) is 10.1. The van der Waals surface area contributed by atoms with E-state index < -0.39 is 9.84 Å². The lowest BCUT2D eigenvalue weighted by molar-refractivity contribution is -0.115. The average molecular weight is 422 g/mol. The van der Waals surface area contributed by atoms with Crippen LogP contribution in [-0.4, -0.2) is 20.1 Å². The fourth-order valence-electron chi connectivity index (χ4n) is 3.37.